The number of aryl methyl sites for hydroxylation is 2. The Kier molecular flexibility index (Phi) is 5.69. The molecule has 0 saturated carbocycles. The average Bonchev–Trinajstić information content (AvgIpc) is 2.86. The summed E-state index contributed by atoms with van der Waals surface area (Å²) in [6.45, 7) is 10.3. The zero-order chi connectivity index (χ0) is 20.6. The van der Waals surface area contributed by atoms with Crippen LogP contribution >= 0.6 is 0 Å². The summed E-state index contributed by atoms with van der Waals surface area (Å²) in [5, 5.41) is 12.3. The molecule has 1 amide bonds. The summed E-state index contributed by atoms with van der Waals surface area (Å²) in [4.78, 5) is 23.2. The lowest BCUT2D eigenvalue weighted by atomic mass is 9.94. The summed E-state index contributed by atoms with van der Waals surface area (Å²) in [5.41, 5.74) is 3.47. The lowest BCUT2D eigenvalue weighted by Crippen LogP contribution is -2.51. The lowest BCUT2D eigenvalue weighted by molar-refractivity contribution is -0.0179. The molecule has 4 rings (SSSR count). The Labute approximate surface area is 173 Å². The molecule has 2 N–H and O–H groups in total. The maximum Gasteiger partial charge on any atom is 0.253 e. The molecule has 2 fully saturated rings. The predicted molar refractivity (Wildman–Crippen MR) is 116 cm³/mol. The number of aromatic nitrogens is 1. The van der Waals surface area contributed by atoms with Crippen molar-refractivity contribution in [3.63, 3.8) is 0 Å². The first-order valence-electron chi connectivity index (χ1n) is 10.9. The van der Waals surface area contributed by atoms with Gasteiger partial charge in [0.05, 0.1) is 5.60 Å². The third-order valence-electron chi connectivity index (χ3n) is 6.87. The number of aliphatic hydroxyl groups is 1. The number of amides is 1. The second-order valence-electron chi connectivity index (χ2n) is 9.08. The highest BCUT2D eigenvalue weighted by Gasteiger charge is 2.34. The quantitative estimate of drug-likeness (QED) is 0.833. The molecule has 0 aliphatic carbocycles. The number of carbonyl (C=O) groups is 1. The van der Waals surface area contributed by atoms with Crippen LogP contribution in [0, 0.1) is 13.8 Å². The zero-order valence-corrected chi connectivity index (χ0v) is 18.0. The summed E-state index contributed by atoms with van der Waals surface area (Å²) in [5.74, 6) is 0.0778. The van der Waals surface area contributed by atoms with Gasteiger partial charge >= 0.3 is 0 Å². The Bertz CT molecular complexity index is 884. The van der Waals surface area contributed by atoms with E-state index in [-0.39, 0.29) is 5.91 Å². The smallest absolute Gasteiger partial charge is 0.253 e. The molecule has 2 aliphatic rings. The molecule has 1 aromatic carbocycles. The van der Waals surface area contributed by atoms with Crippen molar-refractivity contribution in [1.82, 2.24) is 19.7 Å². The maximum atomic E-state index is 13.2. The molecule has 1 atom stereocenters. The molecule has 0 bridgehead atoms. The van der Waals surface area contributed by atoms with Gasteiger partial charge in [0.2, 0.25) is 0 Å². The Morgan fingerprint density at radius 2 is 1.86 bits per heavy atom. The summed E-state index contributed by atoms with van der Waals surface area (Å²) in [6.07, 6.45) is 2.26. The average molecular weight is 399 g/mol. The van der Waals surface area contributed by atoms with E-state index in [1.165, 1.54) is 5.56 Å². The number of aromatic amines is 1. The van der Waals surface area contributed by atoms with E-state index in [1.54, 1.807) is 0 Å². The Morgan fingerprint density at radius 1 is 1.10 bits per heavy atom. The van der Waals surface area contributed by atoms with Gasteiger partial charge in [-0.3, -0.25) is 9.69 Å². The lowest BCUT2D eigenvalue weighted by Gasteiger charge is -2.38. The Balaban J connectivity index is 1.42. The monoisotopic (exact) mass is 398 g/mol. The SMILES string of the molecule is Cc1[nH]c2ccc(C(=O)N3CCC[C@@](O)(CN4CCN(C)CC4)CC3)cc2c1C. The van der Waals surface area contributed by atoms with Gasteiger partial charge in [-0.05, 0) is 63.9 Å². The molecule has 0 spiro atoms. The van der Waals surface area contributed by atoms with Gasteiger partial charge in [0.15, 0.2) is 0 Å². The largest absolute Gasteiger partial charge is 0.388 e. The predicted octanol–water partition coefficient (Wildman–Crippen LogP) is 2.39. The number of piperazine rings is 1. The molecule has 3 heterocycles. The number of rotatable bonds is 3. The van der Waals surface area contributed by atoms with E-state index < -0.39 is 5.60 Å². The minimum absolute atomic E-state index is 0.0778. The number of benzene rings is 1. The van der Waals surface area contributed by atoms with E-state index in [9.17, 15) is 9.90 Å². The highest BCUT2D eigenvalue weighted by Crippen LogP contribution is 2.27. The van der Waals surface area contributed by atoms with Crippen molar-refractivity contribution >= 4 is 16.8 Å². The second-order valence-corrected chi connectivity index (χ2v) is 9.08. The van der Waals surface area contributed by atoms with E-state index in [2.05, 4.69) is 35.7 Å². The molecule has 29 heavy (non-hydrogen) atoms. The first-order valence-corrected chi connectivity index (χ1v) is 10.9. The van der Waals surface area contributed by atoms with Crippen LogP contribution in [-0.4, -0.2) is 89.2 Å². The Morgan fingerprint density at radius 3 is 2.62 bits per heavy atom. The molecule has 0 unspecified atom stereocenters. The number of hydrogen-bond acceptors (Lipinski definition) is 4. The van der Waals surface area contributed by atoms with Crippen molar-refractivity contribution in [2.75, 3.05) is 52.9 Å². The van der Waals surface area contributed by atoms with Crippen molar-refractivity contribution in [3.05, 3.63) is 35.0 Å². The number of likely N-dealkylation sites (tertiary alicyclic amines) is 1. The van der Waals surface area contributed by atoms with Crippen LogP contribution in [0.15, 0.2) is 18.2 Å². The molecule has 6 heteroatoms. The van der Waals surface area contributed by atoms with Crippen LogP contribution in [0.5, 0.6) is 0 Å². The fourth-order valence-electron chi connectivity index (χ4n) is 4.74. The van der Waals surface area contributed by atoms with Gasteiger partial charge < -0.3 is 19.9 Å². The number of nitrogens with zero attached hydrogens (tertiary/aromatic N) is 3. The molecule has 0 radical (unpaired) electrons. The number of carbonyl (C=O) groups excluding carboxylic acids is 1. The third kappa shape index (κ3) is 4.34. The van der Waals surface area contributed by atoms with Gasteiger partial charge in [0.1, 0.15) is 0 Å². The summed E-state index contributed by atoms with van der Waals surface area (Å²) >= 11 is 0. The normalized spacial score (nSPS) is 24.8. The number of likely N-dealkylation sites (N-methyl/N-ethyl adjacent to an activating group) is 1. The minimum atomic E-state index is -0.691. The van der Waals surface area contributed by atoms with E-state index in [1.807, 2.05) is 23.1 Å². The number of nitrogens with one attached hydrogen (secondary N) is 1. The summed E-state index contributed by atoms with van der Waals surface area (Å²) < 4.78 is 0. The zero-order valence-electron chi connectivity index (χ0n) is 18.0. The van der Waals surface area contributed by atoms with Gasteiger partial charge in [0, 0.05) is 68.0 Å². The van der Waals surface area contributed by atoms with Gasteiger partial charge in [-0.1, -0.05) is 0 Å². The number of H-pyrrole nitrogens is 1. The number of fused-ring (bicyclic) bond motifs is 1. The molecule has 158 valence electrons. The molecular formula is C23H34N4O2. The fourth-order valence-corrected chi connectivity index (χ4v) is 4.74. The highest BCUT2D eigenvalue weighted by atomic mass is 16.3. The molecular weight excluding hydrogens is 364 g/mol. The highest BCUT2D eigenvalue weighted by molar-refractivity contribution is 5.99. The topological polar surface area (TPSA) is 62.8 Å². The molecule has 2 aliphatic heterocycles. The second kappa shape index (κ2) is 8.09. The molecule has 2 saturated heterocycles. The Hall–Kier alpha value is -1.89. The van der Waals surface area contributed by atoms with Crippen LogP contribution in [0.1, 0.15) is 40.9 Å². The van der Waals surface area contributed by atoms with Crippen molar-refractivity contribution < 1.29 is 9.90 Å². The van der Waals surface area contributed by atoms with Crippen molar-refractivity contribution in [3.8, 4) is 0 Å². The number of β-amino-alcohol motifs (C(OH)–C–C–N with tert-alkyl or cyclic N) is 1. The molecule has 2 aromatic rings. The van der Waals surface area contributed by atoms with Gasteiger partial charge in [-0.15, -0.1) is 0 Å². The fraction of sp³-hybridized carbons (Fsp3) is 0.609. The summed E-state index contributed by atoms with van der Waals surface area (Å²) in [6, 6.07) is 5.93. The summed E-state index contributed by atoms with van der Waals surface area (Å²) in [7, 11) is 2.15. The van der Waals surface area contributed by atoms with Crippen LogP contribution in [-0.2, 0) is 0 Å². The van der Waals surface area contributed by atoms with Crippen LogP contribution < -0.4 is 0 Å². The van der Waals surface area contributed by atoms with E-state index in [4.69, 9.17) is 0 Å². The molecule has 1 aromatic heterocycles. The maximum absolute atomic E-state index is 13.2. The number of hydrogen-bond donors (Lipinski definition) is 2. The van der Waals surface area contributed by atoms with Crippen LogP contribution in [0.3, 0.4) is 0 Å². The van der Waals surface area contributed by atoms with E-state index >= 15 is 0 Å². The molecule has 6 nitrogen and oxygen atoms in total. The first-order chi connectivity index (χ1) is 13.8. The van der Waals surface area contributed by atoms with Gasteiger partial charge in [0.25, 0.3) is 5.91 Å². The van der Waals surface area contributed by atoms with E-state index in [0.29, 0.717) is 19.5 Å². The first kappa shape index (κ1) is 20.4. The van der Waals surface area contributed by atoms with Crippen molar-refractivity contribution in [2.24, 2.45) is 0 Å². The van der Waals surface area contributed by atoms with Crippen LogP contribution in [0.25, 0.3) is 10.9 Å². The van der Waals surface area contributed by atoms with Gasteiger partial charge in [-0.25, -0.2) is 0 Å². The van der Waals surface area contributed by atoms with Crippen LogP contribution in [0.2, 0.25) is 0 Å². The van der Waals surface area contributed by atoms with E-state index in [0.717, 1.165) is 67.7 Å². The standard InChI is InChI=1S/C23H34N4O2/c1-17-18(2)24-21-6-5-19(15-20(17)21)22(28)27-9-4-7-23(29,8-10-27)16-26-13-11-25(3)12-14-26/h5-6,15,24,29H,4,7-14,16H2,1-3H3/t23-/m0/s1. The van der Waals surface area contributed by atoms with Crippen molar-refractivity contribution in [2.45, 2.75) is 38.7 Å². The van der Waals surface area contributed by atoms with Crippen molar-refractivity contribution in [1.29, 1.82) is 0 Å². The minimum Gasteiger partial charge on any atom is -0.388 e. The van der Waals surface area contributed by atoms with Gasteiger partial charge in [-0.2, -0.15) is 0 Å². The van der Waals surface area contributed by atoms with Crippen LogP contribution in [0.4, 0.5) is 0 Å². The third-order valence-corrected chi connectivity index (χ3v) is 6.87.